The zero-order valence-electron chi connectivity index (χ0n) is 18.2. The first-order chi connectivity index (χ1) is 15.1. The molecule has 0 amide bonds. The van der Waals surface area contributed by atoms with Gasteiger partial charge < -0.3 is 19.5 Å². The minimum atomic E-state index is -0.0346. The lowest BCUT2D eigenvalue weighted by Crippen LogP contribution is -2.31. The third kappa shape index (κ3) is 4.65. The molecule has 162 valence electrons. The van der Waals surface area contributed by atoms with E-state index in [1.807, 2.05) is 44.2 Å². The maximum absolute atomic E-state index is 6.44. The predicted octanol–water partition coefficient (Wildman–Crippen LogP) is 5.87. The average molecular weight is 438 g/mol. The summed E-state index contributed by atoms with van der Waals surface area (Å²) in [5, 5.41) is 4.36. The lowest BCUT2D eigenvalue weighted by molar-refractivity contribution is 0.283. The van der Waals surface area contributed by atoms with E-state index in [2.05, 4.69) is 29.6 Å². The molecule has 0 fully saturated rings. The van der Waals surface area contributed by atoms with Gasteiger partial charge in [0, 0.05) is 17.1 Å². The van der Waals surface area contributed by atoms with Crippen molar-refractivity contribution in [1.29, 1.82) is 0 Å². The monoisotopic (exact) mass is 437 g/mol. The highest BCUT2D eigenvalue weighted by Crippen LogP contribution is 2.42. The number of nitrogens with one attached hydrogen (secondary N) is 1. The summed E-state index contributed by atoms with van der Waals surface area (Å²) in [5.74, 6) is 2.37. The first kappa shape index (κ1) is 21.5. The number of halogens is 1. The summed E-state index contributed by atoms with van der Waals surface area (Å²) in [6, 6.07) is 18.2. The van der Waals surface area contributed by atoms with Crippen molar-refractivity contribution in [2.45, 2.75) is 32.9 Å². The quantitative estimate of drug-likeness (QED) is 0.501. The zero-order chi connectivity index (χ0) is 21.8. The van der Waals surface area contributed by atoms with E-state index in [4.69, 9.17) is 25.8 Å². The van der Waals surface area contributed by atoms with Gasteiger partial charge in [-0.15, -0.1) is 0 Å². The number of rotatable bonds is 7. The molecule has 3 aromatic rings. The van der Waals surface area contributed by atoms with Crippen molar-refractivity contribution in [1.82, 2.24) is 5.32 Å². The van der Waals surface area contributed by atoms with E-state index >= 15 is 0 Å². The third-order valence-electron chi connectivity index (χ3n) is 5.58. The van der Waals surface area contributed by atoms with E-state index in [0.717, 1.165) is 52.5 Å². The van der Waals surface area contributed by atoms with Crippen molar-refractivity contribution in [3.05, 3.63) is 87.4 Å². The molecule has 0 radical (unpaired) electrons. The predicted molar refractivity (Wildman–Crippen MR) is 125 cm³/mol. The van der Waals surface area contributed by atoms with Gasteiger partial charge in [0.15, 0.2) is 11.5 Å². The molecule has 1 atom stereocenters. The van der Waals surface area contributed by atoms with E-state index in [-0.39, 0.29) is 6.04 Å². The molecule has 1 aliphatic rings. The maximum atomic E-state index is 6.44. The van der Waals surface area contributed by atoms with Crippen LogP contribution < -0.4 is 19.5 Å². The van der Waals surface area contributed by atoms with Gasteiger partial charge >= 0.3 is 0 Å². The number of methoxy groups -OCH3 is 1. The van der Waals surface area contributed by atoms with Crippen LogP contribution in [-0.4, -0.2) is 20.3 Å². The summed E-state index contributed by atoms with van der Waals surface area (Å²) < 4.78 is 17.8. The molecule has 0 aliphatic carbocycles. The topological polar surface area (TPSA) is 39.7 Å². The molecule has 1 aliphatic heterocycles. The average Bonchev–Trinajstić information content (AvgIpc) is 2.79. The van der Waals surface area contributed by atoms with Crippen molar-refractivity contribution in [2.24, 2.45) is 0 Å². The first-order valence-electron chi connectivity index (χ1n) is 10.6. The van der Waals surface area contributed by atoms with Crippen molar-refractivity contribution in [3.8, 4) is 17.2 Å². The van der Waals surface area contributed by atoms with Crippen molar-refractivity contribution >= 4 is 11.6 Å². The number of fused-ring (bicyclic) bond motifs is 1. The molecule has 0 saturated carbocycles. The Labute approximate surface area is 189 Å². The largest absolute Gasteiger partial charge is 0.493 e. The third-order valence-corrected chi connectivity index (χ3v) is 5.80. The van der Waals surface area contributed by atoms with Crippen LogP contribution in [0.15, 0.2) is 54.6 Å². The Morgan fingerprint density at radius 1 is 1.00 bits per heavy atom. The molecule has 0 spiro atoms. The van der Waals surface area contributed by atoms with Crippen LogP contribution in [0, 0.1) is 6.92 Å². The Kier molecular flexibility index (Phi) is 6.69. The Bertz CT molecular complexity index is 1050. The van der Waals surface area contributed by atoms with E-state index in [1.54, 1.807) is 7.11 Å². The Hall–Kier alpha value is -2.69. The molecular formula is C26H28ClNO3. The minimum Gasteiger partial charge on any atom is -0.493 e. The van der Waals surface area contributed by atoms with Crippen LogP contribution in [0.1, 0.15) is 40.8 Å². The molecule has 3 aromatic carbocycles. The molecule has 4 nitrogen and oxygen atoms in total. The second kappa shape index (κ2) is 9.63. The molecule has 1 heterocycles. The SMILES string of the molecule is CCOc1c(C)cc(Cl)cc1C1NCCc2cc(OC)c(OCc3ccccc3)cc21. The number of aryl methyl sites for hydroxylation is 1. The lowest BCUT2D eigenvalue weighted by atomic mass is 9.88. The van der Waals surface area contributed by atoms with Crippen LogP contribution in [0.2, 0.25) is 5.02 Å². The normalized spacial score (nSPS) is 15.3. The highest BCUT2D eigenvalue weighted by molar-refractivity contribution is 6.30. The van der Waals surface area contributed by atoms with Gasteiger partial charge in [0.1, 0.15) is 12.4 Å². The van der Waals surface area contributed by atoms with Gasteiger partial charge in [-0.2, -0.15) is 0 Å². The molecule has 4 rings (SSSR count). The number of hydrogen-bond acceptors (Lipinski definition) is 4. The molecule has 31 heavy (non-hydrogen) atoms. The number of benzene rings is 3. The van der Waals surface area contributed by atoms with Crippen molar-refractivity contribution in [2.75, 3.05) is 20.3 Å². The van der Waals surface area contributed by atoms with Crippen molar-refractivity contribution in [3.63, 3.8) is 0 Å². The standard InChI is InChI=1S/C26H28ClNO3/c1-4-30-26-17(2)12-20(27)14-22(26)25-21-15-24(31-16-18-8-6-5-7-9-18)23(29-3)13-19(21)10-11-28-25/h5-9,12-15,25,28H,4,10-11,16H2,1-3H3. The smallest absolute Gasteiger partial charge is 0.162 e. The summed E-state index contributed by atoms with van der Waals surface area (Å²) in [6.07, 6.45) is 0.921. The van der Waals surface area contributed by atoms with Crippen LogP contribution in [0.4, 0.5) is 0 Å². The lowest BCUT2D eigenvalue weighted by Gasteiger charge is -2.30. The van der Waals surface area contributed by atoms with Crippen LogP contribution in [0.3, 0.4) is 0 Å². The molecule has 1 unspecified atom stereocenters. The highest BCUT2D eigenvalue weighted by atomic mass is 35.5. The number of ether oxygens (including phenoxy) is 3. The Balaban J connectivity index is 1.74. The summed E-state index contributed by atoms with van der Waals surface area (Å²) in [7, 11) is 1.68. The fourth-order valence-corrected chi connectivity index (χ4v) is 4.44. The zero-order valence-corrected chi connectivity index (χ0v) is 19.0. The fourth-order valence-electron chi connectivity index (χ4n) is 4.16. The second-order valence-corrected chi connectivity index (χ2v) is 8.12. The van der Waals surface area contributed by atoms with Gasteiger partial charge in [-0.3, -0.25) is 0 Å². The highest BCUT2D eigenvalue weighted by Gasteiger charge is 2.27. The van der Waals surface area contributed by atoms with Gasteiger partial charge in [-0.1, -0.05) is 41.9 Å². The summed E-state index contributed by atoms with van der Waals surface area (Å²) >= 11 is 6.44. The van der Waals surface area contributed by atoms with Crippen LogP contribution >= 0.6 is 11.6 Å². The van der Waals surface area contributed by atoms with Crippen molar-refractivity contribution < 1.29 is 14.2 Å². The first-order valence-corrected chi connectivity index (χ1v) is 11.0. The van der Waals surface area contributed by atoms with Gasteiger partial charge in [0.2, 0.25) is 0 Å². The van der Waals surface area contributed by atoms with E-state index in [9.17, 15) is 0 Å². The second-order valence-electron chi connectivity index (χ2n) is 7.69. The van der Waals surface area contributed by atoms with E-state index in [0.29, 0.717) is 18.2 Å². The van der Waals surface area contributed by atoms with Crippen LogP contribution in [0.25, 0.3) is 0 Å². The molecule has 0 aromatic heterocycles. The van der Waals surface area contributed by atoms with Gasteiger partial charge in [0.25, 0.3) is 0 Å². The molecule has 5 heteroatoms. The summed E-state index contributed by atoms with van der Waals surface area (Å²) in [6.45, 7) is 5.98. The summed E-state index contributed by atoms with van der Waals surface area (Å²) in [5.41, 5.74) is 5.60. The van der Waals surface area contributed by atoms with Gasteiger partial charge in [-0.25, -0.2) is 0 Å². The molecule has 0 saturated heterocycles. The summed E-state index contributed by atoms with van der Waals surface area (Å²) in [4.78, 5) is 0. The van der Waals surface area contributed by atoms with Gasteiger partial charge in [0.05, 0.1) is 19.8 Å². The fraction of sp³-hybridized carbons (Fsp3) is 0.308. The van der Waals surface area contributed by atoms with Crippen LogP contribution in [0.5, 0.6) is 17.2 Å². The Morgan fingerprint density at radius 3 is 2.55 bits per heavy atom. The number of hydrogen-bond donors (Lipinski definition) is 1. The molecule has 0 bridgehead atoms. The van der Waals surface area contributed by atoms with E-state index in [1.165, 1.54) is 5.56 Å². The van der Waals surface area contributed by atoms with Crippen LogP contribution in [-0.2, 0) is 13.0 Å². The van der Waals surface area contributed by atoms with Gasteiger partial charge in [-0.05, 0) is 66.8 Å². The molecular weight excluding hydrogens is 410 g/mol. The van der Waals surface area contributed by atoms with E-state index < -0.39 is 0 Å². The minimum absolute atomic E-state index is 0.0346. The molecule has 1 N–H and O–H groups in total. The maximum Gasteiger partial charge on any atom is 0.162 e. The Morgan fingerprint density at radius 2 is 1.81 bits per heavy atom.